The molecule has 0 bridgehead atoms. The van der Waals surface area contributed by atoms with Gasteiger partial charge in [-0.3, -0.25) is 4.79 Å². The molecule has 4 nitrogen and oxygen atoms in total. The zero-order valence-corrected chi connectivity index (χ0v) is 12.7. The van der Waals surface area contributed by atoms with Crippen molar-refractivity contribution < 1.29 is 9.53 Å². The second-order valence-corrected chi connectivity index (χ2v) is 4.93. The second-order valence-electron chi connectivity index (χ2n) is 4.20. The molecule has 0 aliphatic carbocycles. The third kappa shape index (κ3) is 2.81. The van der Waals surface area contributed by atoms with Crippen molar-refractivity contribution in [3.05, 3.63) is 45.7 Å². The molecule has 0 radical (unpaired) electrons. The van der Waals surface area contributed by atoms with Gasteiger partial charge in [0.05, 0.1) is 24.9 Å². The number of aryl methyl sites for hydroxylation is 1. The molecule has 2 aromatic rings. The lowest BCUT2D eigenvalue weighted by Gasteiger charge is -2.09. The number of hydrogen-bond acceptors (Lipinski definition) is 3. The van der Waals surface area contributed by atoms with Crippen LogP contribution in [0.15, 0.2) is 24.3 Å². The second kappa shape index (κ2) is 6.29. The highest BCUT2D eigenvalue weighted by molar-refractivity contribution is 6.41. The van der Waals surface area contributed by atoms with E-state index < -0.39 is 0 Å². The van der Waals surface area contributed by atoms with Crippen molar-refractivity contribution in [1.29, 1.82) is 0 Å². The van der Waals surface area contributed by atoms with E-state index in [1.165, 1.54) is 7.11 Å². The molecule has 0 aliphatic heterocycles. The lowest BCUT2D eigenvalue weighted by atomic mass is 10.1. The van der Waals surface area contributed by atoms with E-state index in [0.717, 1.165) is 16.9 Å². The fourth-order valence-electron chi connectivity index (χ4n) is 1.90. The van der Waals surface area contributed by atoms with E-state index in [1.54, 1.807) is 4.68 Å². The maximum atomic E-state index is 11.5. The normalized spacial score (nSPS) is 10.6. The Morgan fingerprint density at radius 2 is 2.05 bits per heavy atom. The van der Waals surface area contributed by atoms with E-state index >= 15 is 0 Å². The summed E-state index contributed by atoms with van der Waals surface area (Å²) in [4.78, 5) is 11.5. The largest absolute Gasteiger partial charge is 0.469 e. The fraction of sp³-hybridized carbons (Fsp3) is 0.286. The average molecular weight is 313 g/mol. The molecule has 0 amide bonds. The minimum Gasteiger partial charge on any atom is -0.469 e. The lowest BCUT2D eigenvalue weighted by molar-refractivity contribution is -0.139. The molecule has 0 N–H and O–H groups in total. The van der Waals surface area contributed by atoms with Crippen LogP contribution < -0.4 is 0 Å². The number of aromatic nitrogens is 2. The van der Waals surface area contributed by atoms with Crippen LogP contribution in [0, 0.1) is 0 Å². The molecular formula is C14H14Cl2N2O2. The van der Waals surface area contributed by atoms with Gasteiger partial charge in [0.25, 0.3) is 0 Å². The number of benzene rings is 1. The van der Waals surface area contributed by atoms with Crippen molar-refractivity contribution in [3.63, 3.8) is 0 Å². The van der Waals surface area contributed by atoms with Gasteiger partial charge >= 0.3 is 5.97 Å². The van der Waals surface area contributed by atoms with E-state index in [2.05, 4.69) is 5.10 Å². The van der Waals surface area contributed by atoms with Gasteiger partial charge in [0, 0.05) is 0 Å². The highest BCUT2D eigenvalue weighted by Gasteiger charge is 2.17. The SMILES string of the molecule is CCc1nn(-c2ccccc2CC(=O)OC)c(Cl)c1Cl. The monoisotopic (exact) mass is 312 g/mol. The summed E-state index contributed by atoms with van der Waals surface area (Å²) in [5.74, 6) is -0.317. The first-order valence-electron chi connectivity index (χ1n) is 6.16. The summed E-state index contributed by atoms with van der Waals surface area (Å²) in [6, 6.07) is 7.38. The molecule has 106 valence electrons. The summed E-state index contributed by atoms with van der Waals surface area (Å²) < 4.78 is 6.25. The van der Waals surface area contributed by atoms with Crippen LogP contribution in [0.1, 0.15) is 18.2 Å². The minimum absolute atomic E-state index is 0.155. The van der Waals surface area contributed by atoms with Crippen LogP contribution in [0.5, 0.6) is 0 Å². The van der Waals surface area contributed by atoms with Gasteiger partial charge in [-0.25, -0.2) is 4.68 Å². The minimum atomic E-state index is -0.317. The van der Waals surface area contributed by atoms with Crippen LogP contribution in [0.3, 0.4) is 0 Å². The van der Waals surface area contributed by atoms with E-state index in [4.69, 9.17) is 27.9 Å². The first-order chi connectivity index (χ1) is 9.58. The van der Waals surface area contributed by atoms with Crippen molar-refractivity contribution in [2.45, 2.75) is 19.8 Å². The summed E-state index contributed by atoms with van der Waals surface area (Å²) in [6.45, 7) is 1.95. The van der Waals surface area contributed by atoms with Crippen molar-refractivity contribution >= 4 is 29.2 Å². The Morgan fingerprint density at radius 3 is 2.65 bits per heavy atom. The number of hydrogen-bond donors (Lipinski definition) is 0. The molecular weight excluding hydrogens is 299 g/mol. The number of carbonyl (C=O) groups is 1. The van der Waals surface area contributed by atoms with Crippen LogP contribution in [0.2, 0.25) is 10.2 Å². The molecule has 0 saturated carbocycles. The number of methoxy groups -OCH3 is 1. The van der Waals surface area contributed by atoms with Crippen molar-refractivity contribution in [2.24, 2.45) is 0 Å². The number of esters is 1. The first kappa shape index (κ1) is 14.9. The predicted molar refractivity (Wildman–Crippen MR) is 78.7 cm³/mol. The molecule has 1 aromatic carbocycles. The summed E-state index contributed by atoms with van der Waals surface area (Å²) in [7, 11) is 1.36. The summed E-state index contributed by atoms with van der Waals surface area (Å²) in [6.07, 6.45) is 0.840. The number of para-hydroxylation sites is 1. The van der Waals surface area contributed by atoms with Crippen molar-refractivity contribution in [1.82, 2.24) is 9.78 Å². The third-order valence-corrected chi connectivity index (χ3v) is 3.80. The number of nitrogens with zero attached hydrogens (tertiary/aromatic N) is 2. The van der Waals surface area contributed by atoms with Gasteiger partial charge in [-0.2, -0.15) is 5.10 Å². The van der Waals surface area contributed by atoms with Crippen LogP contribution in [-0.4, -0.2) is 22.9 Å². The number of halogens is 2. The van der Waals surface area contributed by atoms with Gasteiger partial charge in [0.15, 0.2) is 5.15 Å². The molecule has 6 heteroatoms. The average Bonchev–Trinajstić information content (AvgIpc) is 2.75. The molecule has 1 aromatic heterocycles. The Balaban J connectivity index is 2.50. The quantitative estimate of drug-likeness (QED) is 0.812. The molecule has 0 aliphatic rings. The van der Waals surface area contributed by atoms with Crippen LogP contribution >= 0.6 is 23.2 Å². The van der Waals surface area contributed by atoms with Crippen LogP contribution in [-0.2, 0) is 22.4 Å². The zero-order valence-electron chi connectivity index (χ0n) is 11.2. The predicted octanol–water partition coefficient (Wildman–Crippen LogP) is 3.46. The fourth-order valence-corrected chi connectivity index (χ4v) is 2.39. The Labute approximate surface area is 127 Å². The molecule has 20 heavy (non-hydrogen) atoms. The Hall–Kier alpha value is -1.52. The van der Waals surface area contributed by atoms with Gasteiger partial charge in [-0.15, -0.1) is 0 Å². The molecule has 0 fully saturated rings. The topological polar surface area (TPSA) is 44.1 Å². The molecule has 1 heterocycles. The zero-order chi connectivity index (χ0) is 14.7. The van der Waals surface area contributed by atoms with Crippen LogP contribution in [0.4, 0.5) is 0 Å². The van der Waals surface area contributed by atoms with E-state index in [0.29, 0.717) is 16.6 Å². The standard InChI is InChI=1S/C14H14Cl2N2O2/c1-3-10-13(15)14(16)18(17-10)11-7-5-4-6-9(11)8-12(19)20-2/h4-7H,3,8H2,1-2H3. The number of carbonyl (C=O) groups excluding carboxylic acids is 1. The Kier molecular flexibility index (Phi) is 4.68. The molecule has 0 atom stereocenters. The lowest BCUT2D eigenvalue weighted by Crippen LogP contribution is -2.09. The first-order valence-corrected chi connectivity index (χ1v) is 6.92. The summed E-state index contributed by atoms with van der Waals surface area (Å²) >= 11 is 12.4. The highest BCUT2D eigenvalue weighted by Crippen LogP contribution is 2.29. The summed E-state index contributed by atoms with van der Waals surface area (Å²) in [5.41, 5.74) is 2.23. The van der Waals surface area contributed by atoms with E-state index in [-0.39, 0.29) is 12.4 Å². The van der Waals surface area contributed by atoms with Gasteiger partial charge in [0.1, 0.15) is 5.02 Å². The molecule has 2 rings (SSSR count). The Morgan fingerprint density at radius 1 is 1.35 bits per heavy atom. The van der Waals surface area contributed by atoms with Crippen molar-refractivity contribution in [2.75, 3.05) is 7.11 Å². The summed E-state index contributed by atoms with van der Waals surface area (Å²) in [5, 5.41) is 5.19. The van der Waals surface area contributed by atoms with Gasteiger partial charge in [0.2, 0.25) is 0 Å². The van der Waals surface area contributed by atoms with Gasteiger partial charge in [-0.05, 0) is 18.1 Å². The van der Waals surface area contributed by atoms with Crippen LogP contribution in [0.25, 0.3) is 5.69 Å². The molecule has 0 spiro atoms. The van der Waals surface area contributed by atoms with Gasteiger partial charge in [-0.1, -0.05) is 48.3 Å². The van der Waals surface area contributed by atoms with E-state index in [9.17, 15) is 4.79 Å². The number of rotatable bonds is 4. The van der Waals surface area contributed by atoms with E-state index in [1.807, 2.05) is 31.2 Å². The molecule has 0 unspecified atom stereocenters. The van der Waals surface area contributed by atoms with Crippen molar-refractivity contribution in [3.8, 4) is 5.69 Å². The van der Waals surface area contributed by atoms with Gasteiger partial charge < -0.3 is 4.74 Å². The third-order valence-electron chi connectivity index (χ3n) is 2.96. The maximum Gasteiger partial charge on any atom is 0.310 e. The maximum absolute atomic E-state index is 11.5. The Bertz CT molecular complexity index is 638. The molecule has 0 saturated heterocycles. The highest BCUT2D eigenvalue weighted by atomic mass is 35.5. The number of ether oxygens (including phenoxy) is 1. The smallest absolute Gasteiger partial charge is 0.310 e.